The van der Waals surface area contributed by atoms with Crippen LogP contribution >= 0.6 is 11.6 Å². The maximum absolute atomic E-state index is 12.5. The van der Waals surface area contributed by atoms with Crippen LogP contribution in [0, 0.1) is 10.1 Å². The number of non-ortho nitro benzene ring substituents is 1. The molecule has 1 N–H and O–H groups in total. The molecule has 0 atom stereocenters. The van der Waals surface area contributed by atoms with Crippen LogP contribution in [0.5, 0.6) is 0 Å². The van der Waals surface area contributed by atoms with Crippen LogP contribution in [-0.2, 0) is 0 Å². The van der Waals surface area contributed by atoms with Crippen LogP contribution in [0.3, 0.4) is 0 Å². The van der Waals surface area contributed by atoms with Crippen LogP contribution in [0.15, 0.2) is 65.1 Å². The molecule has 0 aliphatic rings. The Morgan fingerprint density at radius 2 is 1.84 bits per heavy atom. The average molecular weight is 436 g/mol. The number of rotatable bonds is 5. The van der Waals surface area contributed by atoms with Crippen molar-refractivity contribution in [2.24, 2.45) is 0 Å². The molecule has 0 radical (unpaired) electrons. The summed E-state index contributed by atoms with van der Waals surface area (Å²) in [5.41, 5.74) is 3.99. The van der Waals surface area contributed by atoms with Crippen molar-refractivity contribution in [2.45, 2.75) is 19.8 Å². The van der Waals surface area contributed by atoms with E-state index in [1.807, 2.05) is 18.2 Å². The first kappa shape index (κ1) is 20.6. The van der Waals surface area contributed by atoms with E-state index >= 15 is 0 Å². The molecule has 7 nitrogen and oxygen atoms in total. The summed E-state index contributed by atoms with van der Waals surface area (Å²) in [6.45, 7) is 4.25. The summed E-state index contributed by atoms with van der Waals surface area (Å²) < 4.78 is 5.85. The number of benzene rings is 3. The highest BCUT2D eigenvalue weighted by atomic mass is 35.5. The first-order chi connectivity index (χ1) is 14.8. The third-order valence-corrected chi connectivity index (χ3v) is 5.19. The number of amides is 1. The number of oxazole rings is 1. The molecule has 0 spiro atoms. The summed E-state index contributed by atoms with van der Waals surface area (Å²) in [7, 11) is 0. The van der Waals surface area contributed by atoms with Crippen molar-refractivity contribution in [3.8, 4) is 11.5 Å². The number of nitrogens with one attached hydrogen (secondary N) is 1. The van der Waals surface area contributed by atoms with Crippen LogP contribution in [0.25, 0.3) is 22.6 Å². The number of nitro benzene ring substituents is 1. The highest BCUT2D eigenvalue weighted by Gasteiger charge is 2.16. The fourth-order valence-corrected chi connectivity index (χ4v) is 3.38. The molecule has 4 aromatic rings. The lowest BCUT2D eigenvalue weighted by atomic mass is 10.0. The molecule has 0 saturated carbocycles. The van der Waals surface area contributed by atoms with E-state index in [9.17, 15) is 14.9 Å². The van der Waals surface area contributed by atoms with E-state index in [0.717, 1.165) is 17.1 Å². The summed E-state index contributed by atoms with van der Waals surface area (Å²) >= 11 is 6.02. The number of aromatic nitrogens is 1. The van der Waals surface area contributed by atoms with E-state index in [-0.39, 0.29) is 16.3 Å². The van der Waals surface area contributed by atoms with Crippen molar-refractivity contribution in [3.05, 3.63) is 86.9 Å². The predicted octanol–water partition coefficient (Wildman–Crippen LogP) is 6.43. The lowest BCUT2D eigenvalue weighted by molar-refractivity contribution is -0.384. The minimum atomic E-state index is -0.567. The highest BCUT2D eigenvalue weighted by Crippen LogP contribution is 2.28. The molecule has 1 aromatic heterocycles. The number of carbonyl (C=O) groups is 1. The monoisotopic (exact) mass is 435 g/mol. The van der Waals surface area contributed by atoms with E-state index in [1.54, 1.807) is 24.3 Å². The maximum atomic E-state index is 12.5. The van der Waals surface area contributed by atoms with E-state index in [0.29, 0.717) is 23.1 Å². The van der Waals surface area contributed by atoms with Crippen LogP contribution in [0.1, 0.15) is 35.7 Å². The second-order valence-corrected chi connectivity index (χ2v) is 7.76. The van der Waals surface area contributed by atoms with Gasteiger partial charge >= 0.3 is 0 Å². The molecule has 0 aliphatic heterocycles. The van der Waals surface area contributed by atoms with Gasteiger partial charge in [-0.3, -0.25) is 14.9 Å². The molecule has 0 unspecified atom stereocenters. The third-order valence-electron chi connectivity index (χ3n) is 4.88. The molecule has 156 valence electrons. The summed E-state index contributed by atoms with van der Waals surface area (Å²) in [6, 6.07) is 16.7. The molecule has 8 heteroatoms. The van der Waals surface area contributed by atoms with Crippen molar-refractivity contribution in [3.63, 3.8) is 0 Å². The molecule has 1 amide bonds. The molecule has 1 heterocycles. The molecular weight excluding hydrogens is 418 g/mol. The van der Waals surface area contributed by atoms with Crippen LogP contribution in [0.2, 0.25) is 5.02 Å². The number of nitrogens with zero attached hydrogens (tertiary/aromatic N) is 2. The van der Waals surface area contributed by atoms with E-state index in [4.69, 9.17) is 16.0 Å². The van der Waals surface area contributed by atoms with Gasteiger partial charge in [0.1, 0.15) is 5.52 Å². The molecule has 4 rings (SSSR count). The van der Waals surface area contributed by atoms with Crippen LogP contribution < -0.4 is 5.32 Å². The van der Waals surface area contributed by atoms with Crippen molar-refractivity contribution in [1.29, 1.82) is 0 Å². The van der Waals surface area contributed by atoms with Crippen LogP contribution in [0.4, 0.5) is 11.4 Å². The first-order valence-corrected chi connectivity index (χ1v) is 9.96. The fourth-order valence-electron chi connectivity index (χ4n) is 3.12. The Kier molecular flexibility index (Phi) is 5.44. The Morgan fingerprint density at radius 1 is 1.10 bits per heavy atom. The second kappa shape index (κ2) is 8.20. The number of halogens is 1. The van der Waals surface area contributed by atoms with Crippen molar-refractivity contribution >= 4 is 40.0 Å². The Balaban J connectivity index is 1.52. The SMILES string of the molecule is CC(C)c1ccc2oc(-c3ccc(NC(=O)c4ccc([N+](=O)[O-])cc4Cl)cc3)nc2c1. The van der Waals surface area contributed by atoms with Gasteiger partial charge in [0.2, 0.25) is 5.89 Å². The van der Waals surface area contributed by atoms with Gasteiger partial charge in [-0.1, -0.05) is 31.5 Å². The second-order valence-electron chi connectivity index (χ2n) is 7.35. The third kappa shape index (κ3) is 4.27. The Hall–Kier alpha value is -3.71. The quantitative estimate of drug-likeness (QED) is 0.287. The number of fused-ring (bicyclic) bond motifs is 1. The topological polar surface area (TPSA) is 98.3 Å². The minimum Gasteiger partial charge on any atom is -0.436 e. The predicted molar refractivity (Wildman–Crippen MR) is 120 cm³/mol. The molecule has 31 heavy (non-hydrogen) atoms. The van der Waals surface area contributed by atoms with Gasteiger partial charge in [0.15, 0.2) is 5.58 Å². The Morgan fingerprint density at radius 3 is 2.48 bits per heavy atom. The van der Waals surface area contributed by atoms with Gasteiger partial charge in [0.25, 0.3) is 11.6 Å². The molecule has 0 saturated heterocycles. The fraction of sp³-hybridized carbons (Fsp3) is 0.130. The molecule has 0 bridgehead atoms. The number of hydrogen-bond donors (Lipinski definition) is 1. The Labute approximate surface area is 182 Å². The Bertz CT molecular complexity index is 1300. The van der Waals surface area contributed by atoms with Gasteiger partial charge < -0.3 is 9.73 Å². The zero-order valence-electron chi connectivity index (χ0n) is 16.8. The normalized spacial score (nSPS) is 11.1. The maximum Gasteiger partial charge on any atom is 0.270 e. The number of hydrogen-bond acceptors (Lipinski definition) is 5. The van der Waals surface area contributed by atoms with E-state index < -0.39 is 10.8 Å². The minimum absolute atomic E-state index is 0.00978. The molecule has 0 fully saturated rings. The lowest BCUT2D eigenvalue weighted by Crippen LogP contribution is -2.12. The van der Waals surface area contributed by atoms with E-state index in [2.05, 4.69) is 24.1 Å². The lowest BCUT2D eigenvalue weighted by Gasteiger charge is -2.07. The van der Waals surface area contributed by atoms with Crippen molar-refractivity contribution in [2.75, 3.05) is 5.32 Å². The standard InChI is InChI=1S/C23H18ClN3O4/c1-13(2)15-5-10-21-20(11-15)26-23(31-21)14-3-6-16(7-4-14)25-22(28)18-9-8-17(27(29)30)12-19(18)24/h3-13H,1-2H3,(H,25,28). The number of anilines is 1. The zero-order valence-corrected chi connectivity index (χ0v) is 17.5. The summed E-state index contributed by atoms with van der Waals surface area (Å²) in [5.74, 6) is 0.430. The number of nitro groups is 1. The molecule has 0 aliphatic carbocycles. The highest BCUT2D eigenvalue weighted by molar-refractivity contribution is 6.34. The summed E-state index contributed by atoms with van der Waals surface area (Å²) in [6.07, 6.45) is 0. The average Bonchev–Trinajstić information content (AvgIpc) is 3.17. The zero-order chi connectivity index (χ0) is 22.1. The van der Waals surface area contributed by atoms with E-state index in [1.165, 1.54) is 17.7 Å². The van der Waals surface area contributed by atoms with Gasteiger partial charge in [0.05, 0.1) is 15.5 Å². The van der Waals surface area contributed by atoms with Crippen molar-refractivity contribution < 1.29 is 14.1 Å². The first-order valence-electron chi connectivity index (χ1n) is 9.58. The number of carbonyl (C=O) groups excluding carboxylic acids is 1. The van der Waals surface area contributed by atoms with Gasteiger partial charge in [0, 0.05) is 23.4 Å². The summed E-state index contributed by atoms with van der Waals surface area (Å²) in [4.78, 5) is 27.3. The molecular formula is C23H18ClN3O4. The smallest absolute Gasteiger partial charge is 0.270 e. The molecule has 3 aromatic carbocycles. The van der Waals surface area contributed by atoms with Gasteiger partial charge in [-0.2, -0.15) is 0 Å². The van der Waals surface area contributed by atoms with Gasteiger partial charge in [-0.15, -0.1) is 0 Å². The van der Waals surface area contributed by atoms with Gasteiger partial charge in [-0.25, -0.2) is 4.98 Å². The largest absolute Gasteiger partial charge is 0.436 e. The van der Waals surface area contributed by atoms with Crippen molar-refractivity contribution in [1.82, 2.24) is 4.98 Å². The van der Waals surface area contributed by atoms with Gasteiger partial charge in [-0.05, 0) is 53.9 Å². The van der Waals surface area contributed by atoms with Crippen LogP contribution in [-0.4, -0.2) is 15.8 Å². The summed E-state index contributed by atoms with van der Waals surface area (Å²) in [5, 5.41) is 13.5.